The number of nitrogens with zero attached hydrogens (tertiary/aromatic N) is 1. The largest absolute Gasteiger partial charge is 0.286 e. The summed E-state index contributed by atoms with van der Waals surface area (Å²) in [6.07, 6.45) is -1.29. The molecule has 55 heavy (non-hydrogen) atoms. The van der Waals surface area contributed by atoms with Crippen molar-refractivity contribution < 1.29 is 0 Å². The van der Waals surface area contributed by atoms with Crippen molar-refractivity contribution in [3.8, 4) is 0 Å². The summed E-state index contributed by atoms with van der Waals surface area (Å²) in [5.41, 5.74) is 0. The van der Waals surface area contributed by atoms with E-state index in [-0.39, 0.29) is 82.2 Å². The van der Waals surface area contributed by atoms with Crippen molar-refractivity contribution in [1.82, 2.24) is 41.6 Å². The number of hydrogen-bond acceptors (Lipinski definition) is 8. The van der Waals surface area contributed by atoms with Gasteiger partial charge >= 0.3 is 0 Å². The third-order valence-corrected chi connectivity index (χ3v) is 24.5. The molecule has 8 nitrogen and oxygen atoms in total. The van der Waals surface area contributed by atoms with Gasteiger partial charge in [0.05, 0.1) is 119 Å². The van der Waals surface area contributed by atoms with Crippen LogP contribution in [-0.2, 0) is 0 Å². The predicted octanol–water partition coefficient (Wildman–Crippen LogP) is 6.67. The third kappa shape index (κ3) is 7.08. The molecule has 23 heteroatoms. The molecule has 7 N–H and O–H groups in total. The van der Waals surface area contributed by atoms with E-state index in [4.69, 9.17) is 163 Å². The standard InChI is InChI=1S/C32H41BrCl14N8/c33-4-2-1-3-5(12(4)34)26-48-25(3)49-27-6-7(14(36)20(42)19(41)13(6)35)28(50-27)51-29-8-9(16(38)22(44)21(43)15(8)37)30(52-29)54-32-11-10(31(53-26)55(32)47)17(39)23(45)24(46)18(11)40/h3-32,48-54H,1-2H2. The van der Waals surface area contributed by atoms with Gasteiger partial charge in [0, 0.05) is 46.3 Å². The molecule has 4 aliphatic carbocycles. The highest BCUT2D eigenvalue weighted by Gasteiger charge is 2.66. The predicted molar refractivity (Wildman–Crippen MR) is 235 cm³/mol. The molecular weight excluding hydrogens is 1070 g/mol. The van der Waals surface area contributed by atoms with Crippen LogP contribution in [0.15, 0.2) is 0 Å². The van der Waals surface area contributed by atoms with Gasteiger partial charge in [-0.25, -0.2) is 0 Å². The molecule has 0 aromatic heterocycles. The molecule has 9 aliphatic rings. The Morgan fingerprint density at radius 1 is 0.327 bits per heavy atom. The van der Waals surface area contributed by atoms with Crippen LogP contribution in [0.25, 0.3) is 0 Å². The molecule has 9 rings (SSSR count). The molecule has 5 aliphatic heterocycles. The Kier molecular flexibility index (Phi) is 13.6. The molecule has 0 radical (unpaired) electrons. The molecule has 0 spiro atoms. The van der Waals surface area contributed by atoms with Gasteiger partial charge in [0.25, 0.3) is 0 Å². The average molecular weight is 1110 g/mol. The number of alkyl halides is 14. The van der Waals surface area contributed by atoms with Gasteiger partial charge in [-0.1, -0.05) is 15.9 Å². The number of hydrogen-bond donors (Lipinski definition) is 7. The molecule has 30 unspecified atom stereocenters. The number of fused-ring (bicyclic) bond motifs is 20. The first-order chi connectivity index (χ1) is 26.0. The van der Waals surface area contributed by atoms with Crippen LogP contribution < -0.4 is 37.2 Å². The Morgan fingerprint density at radius 3 is 0.982 bits per heavy atom. The lowest BCUT2D eigenvalue weighted by molar-refractivity contribution is 0.162. The molecule has 8 bridgehead atoms. The highest BCUT2D eigenvalue weighted by molar-refractivity contribution is 9.09. The smallest absolute Gasteiger partial charge is 0.0819 e. The average Bonchev–Trinajstić information content (AvgIpc) is 3.88. The van der Waals surface area contributed by atoms with Crippen LogP contribution in [0.4, 0.5) is 0 Å². The zero-order valence-electron chi connectivity index (χ0n) is 28.4. The van der Waals surface area contributed by atoms with Crippen molar-refractivity contribution in [2.45, 2.75) is 137 Å². The number of rotatable bonds is 0. The lowest BCUT2D eigenvalue weighted by Crippen LogP contribution is -2.62. The summed E-state index contributed by atoms with van der Waals surface area (Å²) < 4.78 is 1.75. The van der Waals surface area contributed by atoms with E-state index in [0.29, 0.717) is 0 Å². The van der Waals surface area contributed by atoms with Gasteiger partial charge in [-0.2, -0.15) is 4.42 Å². The van der Waals surface area contributed by atoms with Crippen molar-refractivity contribution in [2.75, 3.05) is 0 Å². The number of halogens is 15. The molecule has 30 atom stereocenters. The maximum absolute atomic E-state index is 7.52. The second-order valence-corrected chi connectivity index (χ2v) is 25.0. The SMILES string of the molecule is ClC1C(Cl)C(Cl)C2C3NC(NC4NC(NC5C6C(Cl)C(Cl)C(Cl)C(Cl)C6C(NC6NC(N3)C3C(Cl)C(Cl)C(Cl)C(Cl)C63)N5Cl)C3C(Cl)C(Br)CCC43)C2C1Cl. The quantitative estimate of drug-likeness (QED) is 0.107. The maximum Gasteiger partial charge on any atom is 0.0819 e. The molecule has 9 fully saturated rings. The molecule has 5 saturated heterocycles. The minimum Gasteiger partial charge on any atom is -0.286 e. The summed E-state index contributed by atoms with van der Waals surface area (Å²) >= 11 is 104. The van der Waals surface area contributed by atoms with Crippen LogP contribution >= 0.6 is 179 Å². The summed E-state index contributed by atoms with van der Waals surface area (Å²) in [6, 6.07) is 0. The Morgan fingerprint density at radius 2 is 0.618 bits per heavy atom. The van der Waals surface area contributed by atoms with E-state index in [1.54, 1.807) is 4.42 Å². The molecule has 314 valence electrons. The first-order valence-corrected chi connectivity index (χ1v) is 25.7. The monoisotopic (exact) mass is 1110 g/mol. The molecule has 5 heterocycles. The van der Waals surface area contributed by atoms with Crippen LogP contribution in [0.5, 0.6) is 0 Å². The van der Waals surface area contributed by atoms with E-state index >= 15 is 0 Å². The summed E-state index contributed by atoms with van der Waals surface area (Å²) in [5, 5.41) is 19.9. The van der Waals surface area contributed by atoms with E-state index in [2.05, 4.69) is 53.1 Å². The fourth-order valence-corrected chi connectivity index (χ4v) is 18.5. The van der Waals surface area contributed by atoms with Gasteiger partial charge in [-0.05, 0) is 30.5 Å². The fraction of sp³-hybridized carbons (Fsp3) is 1.00. The molecule has 0 aromatic carbocycles. The minimum absolute atomic E-state index is 0.0132. The summed E-state index contributed by atoms with van der Waals surface area (Å²) in [4.78, 5) is 0.111. The minimum atomic E-state index is -0.625. The van der Waals surface area contributed by atoms with Crippen molar-refractivity contribution in [3.63, 3.8) is 0 Å². The second kappa shape index (κ2) is 16.9. The van der Waals surface area contributed by atoms with Crippen molar-refractivity contribution in [2.24, 2.45) is 47.3 Å². The van der Waals surface area contributed by atoms with Crippen LogP contribution in [0.2, 0.25) is 0 Å². The van der Waals surface area contributed by atoms with Crippen LogP contribution in [0.1, 0.15) is 12.8 Å². The summed E-state index contributed by atoms with van der Waals surface area (Å²) in [6.45, 7) is 0. The van der Waals surface area contributed by atoms with Gasteiger partial charge in [0.15, 0.2) is 0 Å². The highest BCUT2D eigenvalue weighted by Crippen LogP contribution is 2.55. The van der Waals surface area contributed by atoms with Gasteiger partial charge < -0.3 is 0 Å². The van der Waals surface area contributed by atoms with E-state index in [1.807, 2.05) is 0 Å². The Labute approximate surface area is 400 Å². The van der Waals surface area contributed by atoms with E-state index in [0.717, 1.165) is 12.8 Å². The van der Waals surface area contributed by atoms with E-state index in [1.165, 1.54) is 0 Å². The van der Waals surface area contributed by atoms with Crippen molar-refractivity contribution >= 4 is 179 Å². The lowest BCUT2D eigenvalue weighted by Gasteiger charge is -2.45. The van der Waals surface area contributed by atoms with Gasteiger partial charge in [0.2, 0.25) is 0 Å². The maximum atomic E-state index is 7.52. The van der Waals surface area contributed by atoms with E-state index in [9.17, 15) is 0 Å². The normalized spacial score (nSPS) is 64.6. The third-order valence-electron chi connectivity index (χ3n) is 14.4. The first kappa shape index (κ1) is 44.4. The first-order valence-electron chi connectivity index (χ1n) is 18.8. The molecule has 0 amide bonds. The van der Waals surface area contributed by atoms with Gasteiger partial charge in [-0.15, -0.1) is 151 Å². The van der Waals surface area contributed by atoms with Crippen LogP contribution in [0, 0.1) is 47.3 Å². The Hall–Kier alpha value is 4.22. The Balaban J connectivity index is 1.16. The second-order valence-electron chi connectivity index (χ2n) is 16.8. The van der Waals surface area contributed by atoms with Crippen LogP contribution in [-0.4, -0.2) is 128 Å². The lowest BCUT2D eigenvalue weighted by atomic mass is 9.75. The van der Waals surface area contributed by atoms with Crippen molar-refractivity contribution in [3.05, 3.63) is 0 Å². The zero-order valence-corrected chi connectivity index (χ0v) is 40.5. The molecule has 4 saturated carbocycles. The number of nitrogens with one attached hydrogen (secondary N) is 7. The van der Waals surface area contributed by atoms with E-state index < -0.39 is 89.2 Å². The van der Waals surface area contributed by atoms with Crippen LogP contribution in [0.3, 0.4) is 0 Å². The highest BCUT2D eigenvalue weighted by atomic mass is 79.9. The molecule has 0 aromatic rings. The van der Waals surface area contributed by atoms with Crippen molar-refractivity contribution in [1.29, 1.82) is 0 Å². The Bertz CT molecular complexity index is 1440. The zero-order chi connectivity index (χ0) is 39.3. The molecular formula is C32H41BrCl14N8. The topological polar surface area (TPSA) is 87.4 Å². The fourth-order valence-electron chi connectivity index (χ4n) is 11.8. The summed E-state index contributed by atoms with van der Waals surface area (Å²) in [7, 11) is 0. The van der Waals surface area contributed by atoms with Gasteiger partial charge in [-0.3, -0.25) is 37.2 Å². The summed E-state index contributed by atoms with van der Waals surface area (Å²) in [5.74, 6) is -1.59. The van der Waals surface area contributed by atoms with Gasteiger partial charge in [0.1, 0.15) is 0 Å².